The van der Waals surface area contributed by atoms with E-state index in [2.05, 4.69) is 51.0 Å². The van der Waals surface area contributed by atoms with Crippen LogP contribution in [-0.4, -0.2) is 9.97 Å². The number of halogens is 1. The fourth-order valence-corrected chi connectivity index (χ4v) is 2.46. The molecule has 0 N–H and O–H groups in total. The lowest BCUT2D eigenvalue weighted by Crippen LogP contribution is -1.92. The zero-order chi connectivity index (χ0) is 12.5. The predicted molar refractivity (Wildman–Crippen MR) is 77.4 cm³/mol. The Morgan fingerprint density at radius 3 is 2.44 bits per heavy atom. The minimum absolute atomic E-state index is 0.624. The summed E-state index contributed by atoms with van der Waals surface area (Å²) in [5.41, 5.74) is 4.30. The fourth-order valence-electron chi connectivity index (χ4n) is 2.09. The Balaban J connectivity index is 2.39. The molecule has 0 saturated carbocycles. The van der Waals surface area contributed by atoms with Crippen molar-refractivity contribution in [2.45, 2.75) is 6.92 Å². The van der Waals surface area contributed by atoms with Crippen LogP contribution in [0.5, 0.6) is 0 Å². The molecular weight excluding hydrogens is 288 g/mol. The molecule has 0 bridgehead atoms. The summed E-state index contributed by atoms with van der Waals surface area (Å²) in [6.45, 7) is 2.10. The van der Waals surface area contributed by atoms with Crippen molar-refractivity contribution in [2.24, 2.45) is 0 Å². The Kier molecular flexibility index (Phi) is 2.84. The highest BCUT2D eigenvalue weighted by molar-refractivity contribution is 9.10. The van der Waals surface area contributed by atoms with Crippen molar-refractivity contribution in [1.82, 2.24) is 9.97 Å². The number of rotatable bonds is 1. The van der Waals surface area contributed by atoms with E-state index in [0.717, 1.165) is 22.2 Å². The first-order chi connectivity index (χ1) is 8.75. The second-order valence-corrected chi connectivity index (χ2v) is 4.88. The molecule has 2 nitrogen and oxygen atoms in total. The summed E-state index contributed by atoms with van der Waals surface area (Å²) in [7, 11) is 0. The third-order valence-electron chi connectivity index (χ3n) is 2.98. The van der Waals surface area contributed by atoms with Gasteiger partial charge in [0.2, 0.25) is 0 Å². The maximum atomic E-state index is 4.54. The van der Waals surface area contributed by atoms with Gasteiger partial charge in [0.1, 0.15) is 0 Å². The van der Waals surface area contributed by atoms with Crippen LogP contribution in [0.4, 0.5) is 0 Å². The molecule has 0 fully saturated rings. The van der Waals surface area contributed by atoms with E-state index in [1.807, 2.05) is 30.3 Å². The van der Waals surface area contributed by atoms with Crippen LogP contribution in [0.1, 0.15) is 5.56 Å². The lowest BCUT2D eigenvalue weighted by atomic mass is 10.0. The quantitative estimate of drug-likeness (QED) is 0.624. The molecule has 3 aromatic rings. The van der Waals surface area contributed by atoms with Crippen molar-refractivity contribution in [3.8, 4) is 11.3 Å². The highest BCUT2D eigenvalue weighted by atomic mass is 79.9. The monoisotopic (exact) mass is 298 g/mol. The van der Waals surface area contributed by atoms with Crippen molar-refractivity contribution in [1.29, 1.82) is 0 Å². The van der Waals surface area contributed by atoms with Crippen LogP contribution in [0, 0.1) is 6.92 Å². The van der Waals surface area contributed by atoms with Crippen molar-refractivity contribution in [3.05, 3.63) is 58.8 Å². The Hall–Kier alpha value is -1.74. The molecule has 0 unspecified atom stereocenters. The first-order valence-corrected chi connectivity index (χ1v) is 6.53. The Labute approximate surface area is 114 Å². The third kappa shape index (κ3) is 1.91. The SMILES string of the molecule is Cc1ccccc1-c1nc(Br)nc2ccccc12. The molecule has 0 radical (unpaired) electrons. The summed E-state index contributed by atoms with van der Waals surface area (Å²) in [5, 5.41) is 1.08. The minimum atomic E-state index is 0.624. The standard InChI is InChI=1S/C15H11BrN2/c1-10-6-2-3-7-11(10)14-12-8-4-5-9-13(12)17-15(16)18-14/h2-9H,1H3. The maximum absolute atomic E-state index is 4.54. The fraction of sp³-hybridized carbons (Fsp3) is 0.0667. The van der Waals surface area contributed by atoms with Crippen LogP contribution in [-0.2, 0) is 0 Å². The van der Waals surface area contributed by atoms with E-state index < -0.39 is 0 Å². The Bertz CT molecular complexity index is 723. The molecule has 0 atom stereocenters. The molecule has 3 heteroatoms. The predicted octanol–water partition coefficient (Wildman–Crippen LogP) is 4.37. The largest absolute Gasteiger partial charge is 0.222 e. The van der Waals surface area contributed by atoms with E-state index in [-0.39, 0.29) is 0 Å². The third-order valence-corrected chi connectivity index (χ3v) is 3.33. The number of fused-ring (bicyclic) bond motifs is 1. The average molecular weight is 299 g/mol. The number of hydrogen-bond acceptors (Lipinski definition) is 2. The Morgan fingerprint density at radius 1 is 0.889 bits per heavy atom. The first kappa shape index (κ1) is 11.4. The molecule has 0 aliphatic rings. The minimum Gasteiger partial charge on any atom is -0.222 e. The van der Waals surface area contributed by atoms with Crippen molar-refractivity contribution in [2.75, 3.05) is 0 Å². The van der Waals surface area contributed by atoms with Crippen LogP contribution in [0.2, 0.25) is 0 Å². The summed E-state index contributed by atoms with van der Waals surface area (Å²) in [6.07, 6.45) is 0. The van der Waals surface area contributed by atoms with Crippen LogP contribution in [0.3, 0.4) is 0 Å². The van der Waals surface area contributed by atoms with Crippen molar-refractivity contribution >= 4 is 26.8 Å². The molecule has 3 rings (SSSR count). The van der Waals surface area contributed by atoms with E-state index in [0.29, 0.717) is 4.73 Å². The summed E-state index contributed by atoms with van der Waals surface area (Å²) in [5.74, 6) is 0. The normalized spacial score (nSPS) is 10.8. The van der Waals surface area contributed by atoms with Crippen LogP contribution in [0.25, 0.3) is 22.2 Å². The molecule has 1 heterocycles. The van der Waals surface area contributed by atoms with Gasteiger partial charge in [-0.3, -0.25) is 0 Å². The van der Waals surface area contributed by atoms with Crippen LogP contribution < -0.4 is 0 Å². The zero-order valence-electron chi connectivity index (χ0n) is 9.89. The van der Waals surface area contributed by atoms with Gasteiger partial charge in [-0.05, 0) is 34.5 Å². The highest BCUT2D eigenvalue weighted by Gasteiger charge is 2.09. The molecular formula is C15H11BrN2. The summed E-state index contributed by atoms with van der Waals surface area (Å²) in [6, 6.07) is 16.3. The van der Waals surface area contributed by atoms with Gasteiger partial charge in [0.05, 0.1) is 11.2 Å². The number of aromatic nitrogens is 2. The molecule has 0 spiro atoms. The number of aryl methyl sites for hydroxylation is 1. The summed E-state index contributed by atoms with van der Waals surface area (Å²) < 4.78 is 0.624. The second-order valence-electron chi connectivity index (χ2n) is 4.17. The van der Waals surface area contributed by atoms with E-state index >= 15 is 0 Å². The zero-order valence-corrected chi connectivity index (χ0v) is 11.5. The molecule has 0 aliphatic heterocycles. The molecule has 0 saturated heterocycles. The van der Waals surface area contributed by atoms with E-state index in [1.165, 1.54) is 5.56 Å². The van der Waals surface area contributed by atoms with Gasteiger partial charge in [-0.15, -0.1) is 0 Å². The van der Waals surface area contributed by atoms with Crippen molar-refractivity contribution < 1.29 is 0 Å². The smallest absolute Gasteiger partial charge is 0.197 e. The Morgan fingerprint density at radius 2 is 1.61 bits per heavy atom. The van der Waals surface area contributed by atoms with E-state index in [1.54, 1.807) is 0 Å². The molecule has 0 aliphatic carbocycles. The van der Waals surface area contributed by atoms with Crippen molar-refractivity contribution in [3.63, 3.8) is 0 Å². The summed E-state index contributed by atoms with van der Waals surface area (Å²) >= 11 is 3.38. The lowest BCUT2D eigenvalue weighted by molar-refractivity contribution is 1.16. The average Bonchev–Trinajstić information content (AvgIpc) is 2.38. The molecule has 88 valence electrons. The van der Waals surface area contributed by atoms with Gasteiger partial charge in [-0.25, -0.2) is 9.97 Å². The highest BCUT2D eigenvalue weighted by Crippen LogP contribution is 2.29. The van der Waals surface area contributed by atoms with Gasteiger partial charge >= 0.3 is 0 Å². The van der Waals surface area contributed by atoms with E-state index in [4.69, 9.17) is 0 Å². The van der Waals surface area contributed by atoms with Gasteiger partial charge < -0.3 is 0 Å². The van der Waals surface area contributed by atoms with Gasteiger partial charge in [0.25, 0.3) is 0 Å². The topological polar surface area (TPSA) is 25.8 Å². The number of nitrogens with zero attached hydrogens (tertiary/aromatic N) is 2. The van der Waals surface area contributed by atoms with Gasteiger partial charge in [0.15, 0.2) is 4.73 Å². The van der Waals surface area contributed by atoms with E-state index in [9.17, 15) is 0 Å². The number of para-hydroxylation sites is 1. The molecule has 1 aromatic heterocycles. The number of hydrogen-bond donors (Lipinski definition) is 0. The van der Waals surface area contributed by atoms with Gasteiger partial charge in [-0.2, -0.15) is 0 Å². The van der Waals surface area contributed by atoms with Crippen LogP contribution in [0.15, 0.2) is 53.3 Å². The maximum Gasteiger partial charge on any atom is 0.197 e. The first-order valence-electron chi connectivity index (χ1n) is 5.74. The molecule has 2 aromatic carbocycles. The van der Waals surface area contributed by atoms with Gasteiger partial charge in [-0.1, -0.05) is 42.5 Å². The molecule has 18 heavy (non-hydrogen) atoms. The molecule has 0 amide bonds. The number of benzene rings is 2. The van der Waals surface area contributed by atoms with Gasteiger partial charge in [0, 0.05) is 10.9 Å². The lowest BCUT2D eigenvalue weighted by Gasteiger charge is -2.08. The summed E-state index contributed by atoms with van der Waals surface area (Å²) in [4.78, 5) is 8.93. The second kappa shape index (κ2) is 4.50. The van der Waals surface area contributed by atoms with Crippen LogP contribution >= 0.6 is 15.9 Å².